The maximum atomic E-state index is 14.3. The Kier molecular flexibility index (Phi) is 4.78. The Hall–Kier alpha value is -3.46. The molecule has 2 amide bonds. The zero-order valence-corrected chi connectivity index (χ0v) is 14.5. The Morgan fingerprint density at radius 2 is 2.04 bits per heavy atom. The molecule has 0 aliphatic heterocycles. The van der Waals surface area contributed by atoms with Crippen molar-refractivity contribution < 1.29 is 23.5 Å². The molecular weight excluding hydrogens is 357 g/mol. The van der Waals surface area contributed by atoms with Crippen LogP contribution in [0.2, 0.25) is 0 Å². The molecule has 0 radical (unpaired) electrons. The van der Waals surface area contributed by atoms with E-state index in [1.807, 2.05) is 5.32 Å². The van der Waals surface area contributed by atoms with Gasteiger partial charge in [-0.05, 0) is 30.7 Å². The van der Waals surface area contributed by atoms with Crippen LogP contribution in [0.15, 0.2) is 39.7 Å². The van der Waals surface area contributed by atoms with Crippen molar-refractivity contribution in [1.29, 1.82) is 0 Å². The second kappa shape index (κ2) is 7.04. The van der Waals surface area contributed by atoms with E-state index in [4.69, 9.17) is 9.52 Å². The van der Waals surface area contributed by atoms with Crippen LogP contribution < -0.4 is 16.2 Å². The van der Waals surface area contributed by atoms with Crippen LogP contribution in [0.1, 0.15) is 15.9 Å². The van der Waals surface area contributed by atoms with Crippen molar-refractivity contribution in [2.24, 2.45) is 7.05 Å². The summed E-state index contributed by atoms with van der Waals surface area (Å²) in [4.78, 5) is 36.5. The number of furan rings is 1. The summed E-state index contributed by atoms with van der Waals surface area (Å²) < 4.78 is 20.6. The molecule has 0 unspecified atom stereocenters. The van der Waals surface area contributed by atoms with E-state index in [2.05, 4.69) is 5.32 Å². The Labute approximate surface area is 152 Å². The number of rotatable bonds is 4. The number of nitrogens with zero attached hydrogens (tertiary/aromatic N) is 1. The highest BCUT2D eigenvalue weighted by Gasteiger charge is 2.25. The van der Waals surface area contributed by atoms with Gasteiger partial charge < -0.3 is 14.8 Å². The van der Waals surface area contributed by atoms with Gasteiger partial charge in [-0.25, -0.2) is 4.39 Å². The number of hydrogen-bond donors (Lipinski definition) is 3. The summed E-state index contributed by atoms with van der Waals surface area (Å²) >= 11 is 0. The van der Waals surface area contributed by atoms with Crippen LogP contribution in [0.5, 0.6) is 0 Å². The number of aliphatic hydroxyl groups is 1. The minimum Gasteiger partial charge on any atom is -0.463 e. The Balaban J connectivity index is 2.22. The molecule has 0 atom stereocenters. The lowest BCUT2D eigenvalue weighted by atomic mass is 10.1. The van der Waals surface area contributed by atoms with E-state index in [9.17, 15) is 18.8 Å². The first-order valence-corrected chi connectivity index (χ1v) is 7.92. The van der Waals surface area contributed by atoms with Gasteiger partial charge in [0.2, 0.25) is 0 Å². The van der Waals surface area contributed by atoms with E-state index in [1.54, 1.807) is 13.0 Å². The third kappa shape index (κ3) is 3.32. The molecule has 0 bridgehead atoms. The van der Waals surface area contributed by atoms with Crippen molar-refractivity contribution in [3.8, 4) is 0 Å². The molecule has 0 saturated heterocycles. The predicted octanol–water partition coefficient (Wildman–Crippen LogP) is 1.57. The molecular formula is C18H16FN3O5. The van der Waals surface area contributed by atoms with Gasteiger partial charge in [0.25, 0.3) is 17.4 Å². The Morgan fingerprint density at radius 1 is 1.30 bits per heavy atom. The number of anilines is 2. The molecule has 3 aromatic rings. The van der Waals surface area contributed by atoms with Crippen LogP contribution in [0.25, 0.3) is 11.0 Å². The van der Waals surface area contributed by atoms with E-state index in [1.165, 1.54) is 31.5 Å². The third-order valence-electron chi connectivity index (χ3n) is 4.00. The summed E-state index contributed by atoms with van der Waals surface area (Å²) in [5.41, 5.74) is 0.0259. The molecule has 1 aromatic carbocycles. The highest BCUT2D eigenvalue weighted by atomic mass is 19.1. The van der Waals surface area contributed by atoms with Crippen molar-refractivity contribution in [1.82, 2.24) is 9.88 Å². The number of amides is 2. The van der Waals surface area contributed by atoms with Crippen LogP contribution in [-0.2, 0) is 11.8 Å². The summed E-state index contributed by atoms with van der Waals surface area (Å²) in [5, 5.41) is 13.7. The van der Waals surface area contributed by atoms with E-state index in [0.29, 0.717) is 5.56 Å². The summed E-state index contributed by atoms with van der Waals surface area (Å²) in [6.07, 6.45) is 1.23. The number of nitrogens with one attached hydrogen (secondary N) is 2. The lowest BCUT2D eigenvalue weighted by Crippen LogP contribution is -2.34. The maximum absolute atomic E-state index is 14.3. The molecule has 2 heterocycles. The maximum Gasteiger partial charge on any atom is 0.265 e. The van der Waals surface area contributed by atoms with Crippen molar-refractivity contribution in [2.75, 3.05) is 11.9 Å². The second-order valence-electron chi connectivity index (χ2n) is 5.89. The average Bonchev–Trinajstić information content (AvgIpc) is 3.10. The molecule has 9 heteroatoms. The molecule has 0 fully saturated rings. The smallest absolute Gasteiger partial charge is 0.265 e. The number of aromatic nitrogens is 1. The van der Waals surface area contributed by atoms with Gasteiger partial charge in [-0.15, -0.1) is 0 Å². The Morgan fingerprint density at radius 3 is 2.70 bits per heavy atom. The number of fused-ring (bicyclic) bond motifs is 1. The number of halogens is 1. The fraction of sp³-hybridized carbons (Fsp3) is 0.167. The largest absolute Gasteiger partial charge is 0.463 e. The monoisotopic (exact) mass is 373 g/mol. The number of imide groups is 1. The van der Waals surface area contributed by atoms with Crippen LogP contribution >= 0.6 is 0 Å². The molecule has 3 rings (SSSR count). The highest BCUT2D eigenvalue weighted by molar-refractivity contribution is 6.14. The van der Waals surface area contributed by atoms with Gasteiger partial charge in [0.05, 0.1) is 17.3 Å². The first kappa shape index (κ1) is 18.3. The van der Waals surface area contributed by atoms with Crippen molar-refractivity contribution in [3.05, 3.63) is 57.8 Å². The van der Waals surface area contributed by atoms with Gasteiger partial charge in [-0.2, -0.15) is 0 Å². The molecule has 140 valence electrons. The molecule has 0 aliphatic rings. The number of hydrogen-bond acceptors (Lipinski definition) is 6. The van der Waals surface area contributed by atoms with Gasteiger partial charge in [-0.3, -0.25) is 24.3 Å². The number of aliphatic hydroxyl groups excluding tert-OH is 1. The van der Waals surface area contributed by atoms with Crippen LogP contribution in [0.4, 0.5) is 15.9 Å². The fourth-order valence-corrected chi connectivity index (χ4v) is 2.66. The summed E-state index contributed by atoms with van der Waals surface area (Å²) in [6.45, 7) is 0.824. The predicted molar refractivity (Wildman–Crippen MR) is 95.4 cm³/mol. The number of aryl methyl sites for hydroxylation is 1. The topological polar surface area (TPSA) is 114 Å². The van der Waals surface area contributed by atoms with E-state index in [0.717, 1.165) is 4.57 Å². The zero-order valence-electron chi connectivity index (χ0n) is 14.5. The highest BCUT2D eigenvalue weighted by Crippen LogP contribution is 2.28. The minimum absolute atomic E-state index is 0.0315. The number of carbonyl (C=O) groups excluding carboxylic acids is 2. The minimum atomic E-state index is -0.930. The lowest BCUT2D eigenvalue weighted by molar-refractivity contribution is -0.122. The quantitative estimate of drug-likeness (QED) is 0.640. The number of benzene rings is 1. The van der Waals surface area contributed by atoms with Gasteiger partial charge in [-0.1, -0.05) is 6.07 Å². The van der Waals surface area contributed by atoms with Crippen LogP contribution in [0.3, 0.4) is 0 Å². The van der Waals surface area contributed by atoms with Gasteiger partial charge >= 0.3 is 0 Å². The Bertz CT molecular complexity index is 1120. The molecule has 0 aliphatic carbocycles. The lowest BCUT2D eigenvalue weighted by Gasteiger charge is -2.16. The van der Waals surface area contributed by atoms with Gasteiger partial charge in [0.15, 0.2) is 5.58 Å². The van der Waals surface area contributed by atoms with Crippen molar-refractivity contribution in [2.45, 2.75) is 6.92 Å². The average molecular weight is 373 g/mol. The normalized spacial score (nSPS) is 10.8. The standard InChI is InChI=1S/C18H16FN3O5/c1-9-3-4-12(11(19)7-9)20-16-14(17(25)21-13(24)8-23)15-10(5-6-27-15)18(26)22(16)2/h3-7,20,23H,8H2,1-2H3,(H,21,24,25). The molecule has 2 aromatic heterocycles. The molecule has 0 saturated carbocycles. The number of pyridine rings is 1. The van der Waals surface area contributed by atoms with Crippen molar-refractivity contribution >= 4 is 34.3 Å². The first-order chi connectivity index (χ1) is 12.8. The fourth-order valence-electron chi connectivity index (χ4n) is 2.66. The molecule has 27 heavy (non-hydrogen) atoms. The van der Waals surface area contributed by atoms with E-state index >= 15 is 0 Å². The van der Waals surface area contributed by atoms with Crippen LogP contribution in [0, 0.1) is 12.7 Å². The molecule has 0 spiro atoms. The van der Waals surface area contributed by atoms with Crippen molar-refractivity contribution in [3.63, 3.8) is 0 Å². The second-order valence-corrected chi connectivity index (χ2v) is 5.89. The summed E-state index contributed by atoms with van der Waals surface area (Å²) in [5.74, 6) is -2.48. The van der Waals surface area contributed by atoms with Gasteiger partial charge in [0, 0.05) is 7.05 Å². The summed E-state index contributed by atoms with van der Waals surface area (Å²) in [7, 11) is 1.40. The summed E-state index contributed by atoms with van der Waals surface area (Å²) in [6, 6.07) is 5.80. The van der Waals surface area contributed by atoms with E-state index in [-0.39, 0.29) is 28.0 Å². The molecule has 3 N–H and O–H groups in total. The first-order valence-electron chi connectivity index (χ1n) is 7.92. The number of carbonyl (C=O) groups is 2. The third-order valence-corrected chi connectivity index (χ3v) is 4.00. The zero-order chi connectivity index (χ0) is 19.7. The molecule has 8 nitrogen and oxygen atoms in total. The van der Waals surface area contributed by atoms with E-state index < -0.39 is 29.8 Å². The van der Waals surface area contributed by atoms with Crippen LogP contribution in [-0.4, -0.2) is 28.1 Å². The van der Waals surface area contributed by atoms with Gasteiger partial charge in [0.1, 0.15) is 23.8 Å². The SMILES string of the molecule is Cc1ccc(Nc2c(C(=O)NC(=O)CO)c3occc3c(=O)n2C)c(F)c1.